The van der Waals surface area contributed by atoms with Crippen molar-refractivity contribution in [3.05, 3.63) is 59.4 Å². The molecule has 0 spiro atoms. The Morgan fingerprint density at radius 1 is 1.25 bits per heavy atom. The van der Waals surface area contributed by atoms with Crippen LogP contribution in [-0.2, 0) is 11.2 Å². The van der Waals surface area contributed by atoms with E-state index in [0.29, 0.717) is 11.3 Å². The molecule has 0 fully saturated rings. The normalized spacial score (nSPS) is 10.1. The van der Waals surface area contributed by atoms with Crippen LogP contribution >= 0.6 is 0 Å². The number of hydrogen-bond acceptors (Lipinski definition) is 3. The van der Waals surface area contributed by atoms with Gasteiger partial charge in [-0.25, -0.2) is 4.79 Å². The molecule has 2 rings (SSSR count). The van der Waals surface area contributed by atoms with Crippen molar-refractivity contribution in [2.75, 3.05) is 5.32 Å². The number of nitrogens with zero attached hydrogens (tertiary/aromatic N) is 1. The minimum atomic E-state index is -1.04. The smallest absolute Gasteiger partial charge is 0.335 e. The number of aryl methyl sites for hydroxylation is 1. The number of benzene rings is 1. The standard InChI is InChI=1S/C15H14N2O3/c1-10-6-12(9-16-8-10)17-14(18)7-11-4-2-3-5-13(11)15(19)20/h2-6,8-9H,7H2,1H3,(H,17,18)(H,19,20). The number of rotatable bonds is 4. The van der Waals surface area contributed by atoms with Gasteiger partial charge in [-0.3, -0.25) is 9.78 Å². The number of carboxylic acids is 1. The molecule has 0 unspecified atom stereocenters. The largest absolute Gasteiger partial charge is 0.478 e. The van der Waals surface area contributed by atoms with Crippen LogP contribution < -0.4 is 5.32 Å². The average Bonchev–Trinajstić information content (AvgIpc) is 2.38. The first-order valence-corrected chi connectivity index (χ1v) is 6.09. The van der Waals surface area contributed by atoms with Crippen LogP contribution in [0.5, 0.6) is 0 Å². The van der Waals surface area contributed by atoms with Crippen molar-refractivity contribution in [2.45, 2.75) is 13.3 Å². The number of aromatic nitrogens is 1. The van der Waals surface area contributed by atoms with Crippen LogP contribution in [0.15, 0.2) is 42.7 Å². The van der Waals surface area contributed by atoms with E-state index in [0.717, 1.165) is 5.56 Å². The zero-order valence-electron chi connectivity index (χ0n) is 11.0. The van der Waals surface area contributed by atoms with Gasteiger partial charge in [0, 0.05) is 6.20 Å². The van der Waals surface area contributed by atoms with E-state index in [1.807, 2.05) is 6.92 Å². The number of pyridine rings is 1. The third kappa shape index (κ3) is 3.41. The molecule has 1 heterocycles. The van der Waals surface area contributed by atoms with E-state index in [9.17, 15) is 9.59 Å². The van der Waals surface area contributed by atoms with E-state index in [-0.39, 0.29) is 17.9 Å². The SMILES string of the molecule is Cc1cncc(NC(=O)Cc2ccccc2C(=O)O)c1. The van der Waals surface area contributed by atoms with Gasteiger partial charge in [0.1, 0.15) is 0 Å². The Balaban J connectivity index is 2.11. The van der Waals surface area contributed by atoms with E-state index < -0.39 is 5.97 Å². The summed E-state index contributed by atoms with van der Waals surface area (Å²) in [4.78, 5) is 27.0. The van der Waals surface area contributed by atoms with Crippen molar-refractivity contribution in [1.29, 1.82) is 0 Å². The van der Waals surface area contributed by atoms with Gasteiger partial charge < -0.3 is 10.4 Å². The zero-order chi connectivity index (χ0) is 14.5. The number of carbonyl (C=O) groups is 2. The van der Waals surface area contributed by atoms with Crippen molar-refractivity contribution < 1.29 is 14.7 Å². The number of amides is 1. The number of carbonyl (C=O) groups excluding carboxylic acids is 1. The van der Waals surface area contributed by atoms with Crippen LogP contribution in [0.3, 0.4) is 0 Å². The molecule has 2 N–H and O–H groups in total. The predicted molar refractivity (Wildman–Crippen MR) is 74.7 cm³/mol. The van der Waals surface area contributed by atoms with E-state index in [1.165, 1.54) is 6.07 Å². The molecule has 5 heteroatoms. The molecule has 102 valence electrons. The number of aromatic carboxylic acids is 1. The van der Waals surface area contributed by atoms with Crippen LogP contribution in [-0.4, -0.2) is 22.0 Å². The predicted octanol–water partition coefficient (Wildman–Crippen LogP) is 2.27. The number of carboxylic acid groups (broad SMARTS) is 1. The van der Waals surface area contributed by atoms with Crippen LogP contribution in [0.2, 0.25) is 0 Å². The lowest BCUT2D eigenvalue weighted by atomic mass is 10.0. The summed E-state index contributed by atoms with van der Waals surface area (Å²) >= 11 is 0. The van der Waals surface area contributed by atoms with E-state index in [4.69, 9.17) is 5.11 Å². The molecule has 0 atom stereocenters. The van der Waals surface area contributed by atoms with Crippen molar-refractivity contribution >= 4 is 17.6 Å². The molecule has 2 aromatic rings. The minimum Gasteiger partial charge on any atom is -0.478 e. The molecule has 0 saturated carbocycles. The lowest BCUT2D eigenvalue weighted by Gasteiger charge is -2.07. The van der Waals surface area contributed by atoms with Crippen molar-refractivity contribution in [3.63, 3.8) is 0 Å². The lowest BCUT2D eigenvalue weighted by Crippen LogP contribution is -2.16. The van der Waals surface area contributed by atoms with Gasteiger partial charge in [0.15, 0.2) is 0 Å². The third-order valence-electron chi connectivity index (χ3n) is 2.76. The molecular formula is C15H14N2O3. The van der Waals surface area contributed by atoms with Crippen molar-refractivity contribution in [3.8, 4) is 0 Å². The van der Waals surface area contributed by atoms with Crippen molar-refractivity contribution in [1.82, 2.24) is 4.98 Å². The summed E-state index contributed by atoms with van der Waals surface area (Å²) in [6.45, 7) is 1.88. The Morgan fingerprint density at radius 2 is 2.00 bits per heavy atom. The summed E-state index contributed by atoms with van der Waals surface area (Å²) in [6.07, 6.45) is 3.25. The average molecular weight is 270 g/mol. The number of anilines is 1. The Hall–Kier alpha value is -2.69. The monoisotopic (exact) mass is 270 g/mol. The molecule has 0 saturated heterocycles. The first kappa shape index (κ1) is 13.7. The summed E-state index contributed by atoms with van der Waals surface area (Å²) in [5.41, 5.74) is 2.17. The van der Waals surface area contributed by atoms with E-state index in [1.54, 1.807) is 36.7 Å². The van der Waals surface area contributed by atoms with Crippen molar-refractivity contribution in [2.24, 2.45) is 0 Å². The summed E-state index contributed by atoms with van der Waals surface area (Å²) in [5.74, 6) is -1.31. The fraction of sp³-hybridized carbons (Fsp3) is 0.133. The van der Waals surface area contributed by atoms with E-state index in [2.05, 4.69) is 10.3 Å². The molecule has 1 aromatic heterocycles. The van der Waals surface area contributed by atoms with Gasteiger partial charge in [0.2, 0.25) is 5.91 Å². The van der Waals surface area contributed by atoms with Crippen LogP contribution in [0.25, 0.3) is 0 Å². The Kier molecular flexibility index (Phi) is 4.10. The van der Waals surface area contributed by atoms with Crippen LogP contribution in [0, 0.1) is 6.92 Å². The fourth-order valence-electron chi connectivity index (χ4n) is 1.88. The zero-order valence-corrected chi connectivity index (χ0v) is 11.0. The topological polar surface area (TPSA) is 79.3 Å². The molecule has 0 aliphatic rings. The molecule has 0 aliphatic carbocycles. The second kappa shape index (κ2) is 5.97. The molecule has 1 aromatic carbocycles. The fourth-order valence-corrected chi connectivity index (χ4v) is 1.88. The summed E-state index contributed by atoms with van der Waals surface area (Å²) in [7, 11) is 0. The first-order valence-electron chi connectivity index (χ1n) is 6.09. The molecule has 0 bridgehead atoms. The highest BCUT2D eigenvalue weighted by Crippen LogP contribution is 2.12. The second-order valence-electron chi connectivity index (χ2n) is 4.44. The number of nitrogens with one attached hydrogen (secondary N) is 1. The molecule has 1 amide bonds. The minimum absolute atomic E-state index is 0.0103. The molecule has 5 nitrogen and oxygen atoms in total. The Labute approximate surface area is 116 Å². The Bertz CT molecular complexity index is 653. The highest BCUT2D eigenvalue weighted by atomic mass is 16.4. The van der Waals surface area contributed by atoms with Gasteiger partial charge in [-0.15, -0.1) is 0 Å². The van der Waals surface area contributed by atoms with Gasteiger partial charge in [0.05, 0.1) is 23.9 Å². The molecule has 0 radical (unpaired) electrons. The van der Waals surface area contributed by atoms with Gasteiger partial charge in [-0.2, -0.15) is 0 Å². The maximum atomic E-state index is 11.9. The maximum absolute atomic E-state index is 11.9. The van der Waals surface area contributed by atoms with Crippen LogP contribution in [0.4, 0.5) is 5.69 Å². The van der Waals surface area contributed by atoms with Gasteiger partial charge in [0.25, 0.3) is 0 Å². The van der Waals surface area contributed by atoms with Gasteiger partial charge in [-0.1, -0.05) is 18.2 Å². The second-order valence-corrected chi connectivity index (χ2v) is 4.44. The number of hydrogen-bond donors (Lipinski definition) is 2. The van der Waals surface area contributed by atoms with Gasteiger partial charge in [-0.05, 0) is 30.2 Å². The quantitative estimate of drug-likeness (QED) is 0.893. The van der Waals surface area contributed by atoms with Crippen LogP contribution in [0.1, 0.15) is 21.5 Å². The molecule has 20 heavy (non-hydrogen) atoms. The summed E-state index contributed by atoms with van der Waals surface area (Å²) in [6, 6.07) is 8.27. The summed E-state index contributed by atoms with van der Waals surface area (Å²) in [5, 5.41) is 11.8. The highest BCUT2D eigenvalue weighted by Gasteiger charge is 2.12. The summed E-state index contributed by atoms with van der Waals surface area (Å²) < 4.78 is 0. The molecule has 0 aliphatic heterocycles. The maximum Gasteiger partial charge on any atom is 0.335 e. The third-order valence-corrected chi connectivity index (χ3v) is 2.76. The highest BCUT2D eigenvalue weighted by molar-refractivity contribution is 5.95. The lowest BCUT2D eigenvalue weighted by molar-refractivity contribution is -0.115. The Morgan fingerprint density at radius 3 is 2.70 bits per heavy atom. The van der Waals surface area contributed by atoms with Gasteiger partial charge >= 0.3 is 5.97 Å². The van der Waals surface area contributed by atoms with E-state index >= 15 is 0 Å². The molecular weight excluding hydrogens is 256 g/mol. The first-order chi connectivity index (χ1) is 9.56.